The minimum atomic E-state index is 0.290. The SMILES string of the molecule is CC(NCc1ccc(Cl)cc1)c1ccc(Cl)cc1. The lowest BCUT2D eigenvalue weighted by Gasteiger charge is -2.14. The van der Waals surface area contributed by atoms with Gasteiger partial charge in [-0.1, -0.05) is 47.5 Å². The van der Waals surface area contributed by atoms with Gasteiger partial charge in [0.2, 0.25) is 0 Å². The molecule has 0 spiro atoms. The van der Waals surface area contributed by atoms with E-state index in [0.717, 1.165) is 16.6 Å². The molecule has 0 aliphatic heterocycles. The highest BCUT2D eigenvalue weighted by Crippen LogP contribution is 2.17. The highest BCUT2D eigenvalue weighted by molar-refractivity contribution is 6.30. The first-order valence-electron chi connectivity index (χ1n) is 5.88. The van der Waals surface area contributed by atoms with Crippen LogP contribution in [0.4, 0.5) is 0 Å². The minimum absolute atomic E-state index is 0.290. The van der Waals surface area contributed by atoms with E-state index < -0.39 is 0 Å². The van der Waals surface area contributed by atoms with Gasteiger partial charge in [-0.05, 0) is 42.3 Å². The van der Waals surface area contributed by atoms with Gasteiger partial charge in [0, 0.05) is 22.6 Å². The quantitative estimate of drug-likeness (QED) is 0.844. The van der Waals surface area contributed by atoms with Crippen LogP contribution < -0.4 is 5.32 Å². The van der Waals surface area contributed by atoms with Crippen molar-refractivity contribution in [3.05, 3.63) is 69.7 Å². The molecule has 1 nitrogen and oxygen atoms in total. The standard InChI is InChI=1S/C15H15Cl2N/c1-11(13-4-8-15(17)9-5-13)18-10-12-2-6-14(16)7-3-12/h2-9,11,18H,10H2,1H3. The van der Waals surface area contributed by atoms with Crippen molar-refractivity contribution in [3.8, 4) is 0 Å². The third kappa shape index (κ3) is 3.74. The van der Waals surface area contributed by atoms with Gasteiger partial charge in [-0.3, -0.25) is 0 Å². The first-order valence-corrected chi connectivity index (χ1v) is 6.64. The number of halogens is 2. The van der Waals surface area contributed by atoms with Crippen LogP contribution in [0.15, 0.2) is 48.5 Å². The Bertz CT molecular complexity index is 491. The molecule has 1 atom stereocenters. The fourth-order valence-electron chi connectivity index (χ4n) is 1.74. The van der Waals surface area contributed by atoms with Crippen molar-refractivity contribution >= 4 is 23.2 Å². The molecule has 1 unspecified atom stereocenters. The van der Waals surface area contributed by atoms with Crippen LogP contribution in [0.1, 0.15) is 24.1 Å². The van der Waals surface area contributed by atoms with E-state index in [1.807, 2.05) is 48.5 Å². The van der Waals surface area contributed by atoms with E-state index >= 15 is 0 Å². The predicted octanol–water partition coefficient (Wildman–Crippen LogP) is 4.84. The van der Waals surface area contributed by atoms with Gasteiger partial charge in [-0.2, -0.15) is 0 Å². The molecule has 0 heterocycles. The zero-order valence-electron chi connectivity index (χ0n) is 10.2. The Balaban J connectivity index is 1.93. The smallest absolute Gasteiger partial charge is 0.0406 e. The molecule has 0 saturated carbocycles. The summed E-state index contributed by atoms with van der Waals surface area (Å²) in [6.45, 7) is 2.96. The van der Waals surface area contributed by atoms with E-state index in [2.05, 4.69) is 12.2 Å². The van der Waals surface area contributed by atoms with Gasteiger partial charge in [0.25, 0.3) is 0 Å². The Morgan fingerprint density at radius 3 is 1.94 bits per heavy atom. The monoisotopic (exact) mass is 279 g/mol. The van der Waals surface area contributed by atoms with Crippen molar-refractivity contribution in [2.45, 2.75) is 19.5 Å². The third-order valence-corrected chi connectivity index (χ3v) is 3.40. The van der Waals surface area contributed by atoms with Crippen LogP contribution in [0.5, 0.6) is 0 Å². The molecule has 2 aromatic rings. The van der Waals surface area contributed by atoms with E-state index in [-0.39, 0.29) is 6.04 Å². The fourth-order valence-corrected chi connectivity index (χ4v) is 1.99. The van der Waals surface area contributed by atoms with E-state index in [9.17, 15) is 0 Å². The second-order valence-corrected chi connectivity index (χ2v) is 5.15. The van der Waals surface area contributed by atoms with Crippen molar-refractivity contribution in [2.75, 3.05) is 0 Å². The van der Waals surface area contributed by atoms with Crippen LogP contribution in [0.25, 0.3) is 0 Å². The highest BCUT2D eigenvalue weighted by atomic mass is 35.5. The second kappa shape index (κ2) is 6.24. The lowest BCUT2D eigenvalue weighted by Crippen LogP contribution is -2.17. The molecule has 0 saturated heterocycles. The fraction of sp³-hybridized carbons (Fsp3) is 0.200. The Morgan fingerprint density at radius 2 is 1.39 bits per heavy atom. The van der Waals surface area contributed by atoms with Gasteiger partial charge in [-0.15, -0.1) is 0 Å². The zero-order valence-corrected chi connectivity index (χ0v) is 11.7. The Kier molecular flexibility index (Phi) is 4.65. The van der Waals surface area contributed by atoms with Crippen molar-refractivity contribution in [1.29, 1.82) is 0 Å². The summed E-state index contributed by atoms with van der Waals surface area (Å²) in [6, 6.07) is 16.1. The van der Waals surface area contributed by atoms with Gasteiger partial charge in [0.05, 0.1) is 0 Å². The Morgan fingerprint density at radius 1 is 0.889 bits per heavy atom. The summed E-state index contributed by atoms with van der Waals surface area (Å²) < 4.78 is 0. The summed E-state index contributed by atoms with van der Waals surface area (Å²) in [5.41, 5.74) is 2.45. The number of hydrogen-bond donors (Lipinski definition) is 1. The molecule has 0 aliphatic carbocycles. The van der Waals surface area contributed by atoms with Gasteiger partial charge in [0.15, 0.2) is 0 Å². The van der Waals surface area contributed by atoms with Crippen LogP contribution in [-0.4, -0.2) is 0 Å². The summed E-state index contributed by atoms with van der Waals surface area (Å²) in [7, 11) is 0. The van der Waals surface area contributed by atoms with Gasteiger partial charge < -0.3 is 5.32 Å². The molecule has 18 heavy (non-hydrogen) atoms. The lowest BCUT2D eigenvalue weighted by atomic mass is 10.1. The Hall–Kier alpha value is -1.02. The molecule has 0 aromatic heterocycles. The third-order valence-electron chi connectivity index (χ3n) is 2.90. The molecule has 2 aromatic carbocycles. The average Bonchev–Trinajstić information content (AvgIpc) is 2.38. The summed E-state index contributed by atoms with van der Waals surface area (Å²) >= 11 is 11.7. The molecule has 3 heteroatoms. The number of rotatable bonds is 4. The molecule has 0 radical (unpaired) electrons. The largest absolute Gasteiger partial charge is 0.306 e. The van der Waals surface area contributed by atoms with Crippen LogP contribution in [-0.2, 0) is 6.54 Å². The van der Waals surface area contributed by atoms with Gasteiger partial charge in [0.1, 0.15) is 0 Å². The summed E-state index contributed by atoms with van der Waals surface area (Å²) in [4.78, 5) is 0. The maximum absolute atomic E-state index is 5.87. The van der Waals surface area contributed by atoms with Crippen molar-refractivity contribution < 1.29 is 0 Å². The van der Waals surface area contributed by atoms with E-state index in [1.54, 1.807) is 0 Å². The molecular weight excluding hydrogens is 265 g/mol. The highest BCUT2D eigenvalue weighted by Gasteiger charge is 2.04. The van der Waals surface area contributed by atoms with Crippen molar-refractivity contribution in [1.82, 2.24) is 5.32 Å². The van der Waals surface area contributed by atoms with E-state index in [4.69, 9.17) is 23.2 Å². The number of nitrogens with one attached hydrogen (secondary N) is 1. The van der Waals surface area contributed by atoms with Crippen LogP contribution in [0.3, 0.4) is 0 Å². The summed E-state index contributed by atoms with van der Waals surface area (Å²) in [5.74, 6) is 0. The van der Waals surface area contributed by atoms with Gasteiger partial charge >= 0.3 is 0 Å². The molecule has 0 fully saturated rings. The summed E-state index contributed by atoms with van der Waals surface area (Å²) in [5, 5.41) is 5.00. The van der Waals surface area contributed by atoms with Crippen LogP contribution >= 0.6 is 23.2 Å². The lowest BCUT2D eigenvalue weighted by molar-refractivity contribution is 0.575. The number of benzene rings is 2. The Labute approximate surface area is 118 Å². The molecule has 2 rings (SSSR count). The molecule has 0 amide bonds. The van der Waals surface area contributed by atoms with Crippen molar-refractivity contribution in [3.63, 3.8) is 0 Å². The van der Waals surface area contributed by atoms with Crippen LogP contribution in [0.2, 0.25) is 10.0 Å². The molecule has 1 N–H and O–H groups in total. The normalized spacial score (nSPS) is 12.4. The molecule has 0 aliphatic rings. The second-order valence-electron chi connectivity index (χ2n) is 4.28. The predicted molar refractivity (Wildman–Crippen MR) is 78.2 cm³/mol. The maximum Gasteiger partial charge on any atom is 0.0406 e. The van der Waals surface area contributed by atoms with Crippen molar-refractivity contribution in [2.24, 2.45) is 0 Å². The van der Waals surface area contributed by atoms with E-state index in [0.29, 0.717) is 0 Å². The topological polar surface area (TPSA) is 12.0 Å². The zero-order chi connectivity index (χ0) is 13.0. The van der Waals surface area contributed by atoms with Crippen LogP contribution in [0, 0.1) is 0 Å². The van der Waals surface area contributed by atoms with E-state index in [1.165, 1.54) is 11.1 Å². The minimum Gasteiger partial charge on any atom is -0.306 e. The summed E-state index contributed by atoms with van der Waals surface area (Å²) in [6.07, 6.45) is 0. The first kappa shape index (κ1) is 13.4. The molecular formula is C15H15Cl2N. The average molecular weight is 280 g/mol. The maximum atomic E-state index is 5.87. The number of hydrogen-bond acceptors (Lipinski definition) is 1. The molecule has 94 valence electrons. The first-order chi connectivity index (χ1) is 8.65. The molecule has 0 bridgehead atoms. The van der Waals surface area contributed by atoms with Gasteiger partial charge in [-0.25, -0.2) is 0 Å².